The number of amides is 1. The maximum absolute atomic E-state index is 12.5. The van der Waals surface area contributed by atoms with E-state index in [0.29, 0.717) is 12.4 Å². The molecule has 8 nitrogen and oxygen atoms in total. The average molecular weight is 409 g/mol. The first-order valence-corrected chi connectivity index (χ1v) is 10.2. The van der Waals surface area contributed by atoms with Gasteiger partial charge in [0.1, 0.15) is 11.4 Å². The fourth-order valence-corrected chi connectivity index (χ4v) is 3.75. The van der Waals surface area contributed by atoms with Gasteiger partial charge in [-0.3, -0.25) is 14.7 Å². The molecular weight excluding hydrogens is 382 g/mol. The summed E-state index contributed by atoms with van der Waals surface area (Å²) in [5.74, 6) is 1.48. The van der Waals surface area contributed by atoms with Crippen LogP contribution in [0.4, 0.5) is 0 Å². The maximum atomic E-state index is 12.5. The lowest BCUT2D eigenvalue weighted by molar-refractivity contribution is -0.125. The molecular formula is C22H27N5O3. The molecule has 1 amide bonds. The first-order chi connectivity index (χ1) is 14.6. The molecule has 1 atom stereocenters. The van der Waals surface area contributed by atoms with E-state index in [1.165, 1.54) is 0 Å². The van der Waals surface area contributed by atoms with Gasteiger partial charge in [-0.2, -0.15) is 0 Å². The number of hydrogen-bond acceptors (Lipinski definition) is 7. The number of hydrogen-bond donors (Lipinski definition) is 2. The van der Waals surface area contributed by atoms with Crippen molar-refractivity contribution in [2.24, 2.45) is 4.99 Å². The number of carbonyl (C=O) groups excluding carboxylic acids is 1. The van der Waals surface area contributed by atoms with Crippen molar-refractivity contribution in [3.63, 3.8) is 0 Å². The van der Waals surface area contributed by atoms with Crippen LogP contribution in [-0.2, 0) is 9.63 Å². The molecule has 1 aromatic carbocycles. The van der Waals surface area contributed by atoms with E-state index in [-0.39, 0.29) is 11.9 Å². The minimum atomic E-state index is -0.573. The van der Waals surface area contributed by atoms with Gasteiger partial charge in [0.05, 0.1) is 19.7 Å². The fraction of sp³-hybridized carbons (Fsp3) is 0.409. The van der Waals surface area contributed by atoms with Crippen molar-refractivity contribution in [2.75, 3.05) is 26.7 Å². The number of rotatable bonds is 6. The van der Waals surface area contributed by atoms with Crippen LogP contribution in [0.5, 0.6) is 5.75 Å². The number of methoxy groups -OCH3 is 1. The van der Waals surface area contributed by atoms with Crippen molar-refractivity contribution in [3.8, 4) is 5.75 Å². The second kappa shape index (κ2) is 8.81. The van der Waals surface area contributed by atoms with E-state index in [9.17, 15) is 4.79 Å². The SMILES string of the molecule is COc1ccc(C(C)NC(=O)CN2CCC3(CC2)N=C(c2ccccn2)NO3)cc1. The highest BCUT2D eigenvalue weighted by Crippen LogP contribution is 2.30. The monoisotopic (exact) mass is 409 g/mol. The third-order valence-electron chi connectivity index (χ3n) is 5.56. The first kappa shape index (κ1) is 20.3. The molecule has 1 aromatic heterocycles. The summed E-state index contributed by atoms with van der Waals surface area (Å²) in [6, 6.07) is 13.4. The van der Waals surface area contributed by atoms with Gasteiger partial charge in [0, 0.05) is 32.1 Å². The van der Waals surface area contributed by atoms with Gasteiger partial charge in [0.2, 0.25) is 5.91 Å². The standard InChI is InChI=1S/C22H27N5O3/c1-16(17-6-8-18(29-2)9-7-17)24-20(28)15-27-13-10-22(11-14-27)25-21(26-30-22)19-5-3-4-12-23-19/h3-9,12,16H,10-11,13-15H2,1-2H3,(H,24,28)(H,25,26). The predicted octanol–water partition coefficient (Wildman–Crippen LogP) is 2.04. The van der Waals surface area contributed by atoms with Crippen LogP contribution in [0.25, 0.3) is 0 Å². The summed E-state index contributed by atoms with van der Waals surface area (Å²) in [4.78, 5) is 29.5. The summed E-state index contributed by atoms with van der Waals surface area (Å²) < 4.78 is 5.18. The molecule has 1 unspecified atom stereocenters. The number of nitrogens with one attached hydrogen (secondary N) is 2. The van der Waals surface area contributed by atoms with E-state index in [0.717, 1.165) is 42.9 Å². The number of amidine groups is 1. The van der Waals surface area contributed by atoms with Gasteiger partial charge in [-0.15, -0.1) is 0 Å². The summed E-state index contributed by atoms with van der Waals surface area (Å²) in [6.07, 6.45) is 3.17. The largest absolute Gasteiger partial charge is 0.497 e. The summed E-state index contributed by atoms with van der Waals surface area (Å²) >= 11 is 0. The van der Waals surface area contributed by atoms with Crippen molar-refractivity contribution in [3.05, 3.63) is 59.9 Å². The highest BCUT2D eigenvalue weighted by atomic mass is 16.7. The zero-order chi connectivity index (χ0) is 21.0. The second-order valence-corrected chi connectivity index (χ2v) is 7.66. The Morgan fingerprint density at radius 1 is 1.27 bits per heavy atom. The van der Waals surface area contributed by atoms with Crippen molar-refractivity contribution in [1.82, 2.24) is 20.7 Å². The molecule has 0 saturated carbocycles. The van der Waals surface area contributed by atoms with Gasteiger partial charge in [0.15, 0.2) is 11.6 Å². The van der Waals surface area contributed by atoms with Crippen LogP contribution >= 0.6 is 0 Å². The molecule has 1 spiro atoms. The zero-order valence-corrected chi connectivity index (χ0v) is 17.3. The van der Waals surface area contributed by atoms with E-state index in [4.69, 9.17) is 14.6 Å². The fourth-order valence-electron chi connectivity index (χ4n) is 3.75. The molecule has 0 aliphatic carbocycles. The number of benzene rings is 1. The van der Waals surface area contributed by atoms with Crippen LogP contribution in [0.2, 0.25) is 0 Å². The Hall–Kier alpha value is -2.97. The topological polar surface area (TPSA) is 88.1 Å². The smallest absolute Gasteiger partial charge is 0.234 e. The molecule has 8 heteroatoms. The van der Waals surface area contributed by atoms with Crippen molar-refractivity contribution in [2.45, 2.75) is 31.5 Å². The quantitative estimate of drug-likeness (QED) is 0.759. The predicted molar refractivity (Wildman–Crippen MR) is 113 cm³/mol. The Bertz CT molecular complexity index is 893. The molecule has 1 fully saturated rings. The third kappa shape index (κ3) is 4.60. The molecule has 0 bridgehead atoms. The Labute approximate surface area is 176 Å². The second-order valence-electron chi connectivity index (χ2n) is 7.66. The number of hydroxylamine groups is 1. The van der Waals surface area contributed by atoms with E-state index in [2.05, 4.69) is 20.7 Å². The van der Waals surface area contributed by atoms with Crippen LogP contribution < -0.4 is 15.5 Å². The molecule has 158 valence electrons. The van der Waals surface area contributed by atoms with Crippen molar-refractivity contribution in [1.29, 1.82) is 0 Å². The average Bonchev–Trinajstić information content (AvgIpc) is 3.20. The minimum absolute atomic E-state index is 0.0115. The lowest BCUT2D eigenvalue weighted by Crippen LogP contribution is -2.47. The summed E-state index contributed by atoms with van der Waals surface area (Å²) in [5, 5.41) is 3.07. The number of carbonyl (C=O) groups is 1. The van der Waals surface area contributed by atoms with E-state index in [1.807, 2.05) is 49.4 Å². The van der Waals surface area contributed by atoms with Crippen LogP contribution in [0, 0.1) is 0 Å². The van der Waals surface area contributed by atoms with Crippen LogP contribution in [0.15, 0.2) is 53.7 Å². The van der Waals surface area contributed by atoms with Crippen LogP contribution in [0.1, 0.15) is 37.1 Å². The molecule has 4 rings (SSSR count). The van der Waals surface area contributed by atoms with Crippen LogP contribution in [0.3, 0.4) is 0 Å². The Kier molecular flexibility index (Phi) is 5.96. The number of piperidine rings is 1. The number of pyridine rings is 1. The Balaban J connectivity index is 1.27. The number of ether oxygens (including phenoxy) is 1. The molecule has 2 N–H and O–H groups in total. The molecule has 30 heavy (non-hydrogen) atoms. The highest BCUT2D eigenvalue weighted by molar-refractivity contribution is 5.97. The maximum Gasteiger partial charge on any atom is 0.234 e. The Morgan fingerprint density at radius 3 is 2.70 bits per heavy atom. The lowest BCUT2D eigenvalue weighted by Gasteiger charge is -2.35. The number of likely N-dealkylation sites (tertiary alicyclic amines) is 1. The molecule has 2 aliphatic rings. The van der Waals surface area contributed by atoms with Crippen molar-refractivity contribution >= 4 is 11.7 Å². The van der Waals surface area contributed by atoms with Gasteiger partial charge in [-0.05, 0) is 36.8 Å². The highest BCUT2D eigenvalue weighted by Gasteiger charge is 2.40. The van der Waals surface area contributed by atoms with Gasteiger partial charge in [0.25, 0.3) is 0 Å². The van der Waals surface area contributed by atoms with Crippen LogP contribution in [-0.4, -0.2) is 54.1 Å². The number of aliphatic imine (C=N–C) groups is 1. The van der Waals surface area contributed by atoms with Gasteiger partial charge >= 0.3 is 0 Å². The number of nitrogens with zero attached hydrogens (tertiary/aromatic N) is 3. The normalized spacial score (nSPS) is 19.1. The van der Waals surface area contributed by atoms with E-state index >= 15 is 0 Å². The zero-order valence-electron chi connectivity index (χ0n) is 17.3. The van der Waals surface area contributed by atoms with E-state index < -0.39 is 5.72 Å². The summed E-state index contributed by atoms with van der Waals surface area (Å²) in [6.45, 7) is 3.83. The van der Waals surface area contributed by atoms with Gasteiger partial charge < -0.3 is 10.1 Å². The first-order valence-electron chi connectivity index (χ1n) is 10.2. The van der Waals surface area contributed by atoms with Crippen molar-refractivity contribution < 1.29 is 14.4 Å². The summed E-state index contributed by atoms with van der Waals surface area (Å²) in [5.41, 5.74) is 4.16. The molecule has 1 saturated heterocycles. The Morgan fingerprint density at radius 2 is 2.03 bits per heavy atom. The summed E-state index contributed by atoms with van der Waals surface area (Å²) in [7, 11) is 1.64. The molecule has 0 radical (unpaired) electrons. The lowest BCUT2D eigenvalue weighted by atomic mass is 10.0. The number of aromatic nitrogens is 1. The third-order valence-corrected chi connectivity index (χ3v) is 5.56. The van der Waals surface area contributed by atoms with Gasteiger partial charge in [-0.25, -0.2) is 15.3 Å². The van der Waals surface area contributed by atoms with E-state index in [1.54, 1.807) is 13.3 Å². The van der Waals surface area contributed by atoms with Gasteiger partial charge in [-0.1, -0.05) is 18.2 Å². The minimum Gasteiger partial charge on any atom is -0.497 e. The molecule has 2 aromatic rings. The molecule has 2 aliphatic heterocycles. The molecule has 3 heterocycles.